The van der Waals surface area contributed by atoms with E-state index >= 15 is 0 Å². The molecule has 0 amide bonds. The highest BCUT2D eigenvalue weighted by molar-refractivity contribution is 5.71. The highest BCUT2D eigenvalue weighted by Crippen LogP contribution is 2.24. The van der Waals surface area contributed by atoms with Crippen LogP contribution in [0.1, 0.15) is 19.8 Å². The molecule has 0 aromatic heterocycles. The molecule has 0 bridgehead atoms. The van der Waals surface area contributed by atoms with Gasteiger partial charge in [0.1, 0.15) is 6.79 Å². The highest BCUT2D eigenvalue weighted by Gasteiger charge is 2.33. The Morgan fingerprint density at radius 3 is 3.00 bits per heavy atom. The van der Waals surface area contributed by atoms with E-state index in [1.807, 2.05) is 6.92 Å². The van der Waals surface area contributed by atoms with E-state index in [0.717, 1.165) is 6.42 Å². The molecule has 0 aromatic carbocycles. The third kappa shape index (κ3) is 2.46. The minimum absolute atomic E-state index is 0.195. The molecular formula is C8H14O4. The van der Waals surface area contributed by atoms with Gasteiger partial charge in [0, 0.05) is 13.5 Å². The molecule has 1 aliphatic heterocycles. The van der Waals surface area contributed by atoms with Gasteiger partial charge in [0.05, 0.1) is 18.6 Å². The second kappa shape index (κ2) is 3.87. The summed E-state index contributed by atoms with van der Waals surface area (Å²) < 4.78 is 14.9. The van der Waals surface area contributed by atoms with E-state index < -0.39 is 5.60 Å². The maximum absolute atomic E-state index is 10.9. The number of carbonyl (C=O) groups excluding carboxylic acids is 1. The van der Waals surface area contributed by atoms with Crippen molar-refractivity contribution in [3.8, 4) is 0 Å². The molecule has 1 saturated heterocycles. The van der Waals surface area contributed by atoms with Gasteiger partial charge in [-0.25, -0.2) is 0 Å². The molecule has 0 spiro atoms. The van der Waals surface area contributed by atoms with Crippen LogP contribution in [0.3, 0.4) is 0 Å². The molecule has 70 valence electrons. The molecule has 12 heavy (non-hydrogen) atoms. The second-order valence-electron chi connectivity index (χ2n) is 3.15. The molecule has 1 aliphatic rings. The number of esters is 1. The molecule has 0 saturated carbocycles. The number of carbonyl (C=O) groups is 1. The number of methoxy groups -OCH3 is 1. The van der Waals surface area contributed by atoms with Crippen LogP contribution in [0.4, 0.5) is 0 Å². The van der Waals surface area contributed by atoms with Crippen molar-refractivity contribution in [1.82, 2.24) is 0 Å². The predicted octanol–water partition coefficient (Wildman–Crippen LogP) is 0.703. The van der Waals surface area contributed by atoms with Gasteiger partial charge in [0.2, 0.25) is 0 Å². The fourth-order valence-electron chi connectivity index (χ4n) is 1.15. The van der Waals surface area contributed by atoms with E-state index in [9.17, 15) is 4.79 Å². The Morgan fingerprint density at radius 2 is 2.42 bits per heavy atom. The third-order valence-corrected chi connectivity index (χ3v) is 1.94. The summed E-state index contributed by atoms with van der Waals surface area (Å²) in [5, 5.41) is 0. The molecule has 1 fully saturated rings. The van der Waals surface area contributed by atoms with Crippen LogP contribution < -0.4 is 0 Å². The molecule has 0 aliphatic carbocycles. The monoisotopic (exact) mass is 174 g/mol. The Hall–Kier alpha value is -0.610. The lowest BCUT2D eigenvalue weighted by atomic mass is 9.96. The van der Waals surface area contributed by atoms with Crippen molar-refractivity contribution in [1.29, 1.82) is 0 Å². The zero-order chi connectivity index (χ0) is 9.03. The zero-order valence-corrected chi connectivity index (χ0v) is 7.46. The van der Waals surface area contributed by atoms with Crippen molar-refractivity contribution in [2.24, 2.45) is 0 Å². The van der Waals surface area contributed by atoms with Gasteiger partial charge in [0.15, 0.2) is 0 Å². The van der Waals surface area contributed by atoms with E-state index in [-0.39, 0.29) is 12.8 Å². The Bertz CT molecular complexity index is 168. The van der Waals surface area contributed by atoms with Gasteiger partial charge in [-0.2, -0.15) is 0 Å². The summed E-state index contributed by atoms with van der Waals surface area (Å²) in [7, 11) is 1.56. The summed E-state index contributed by atoms with van der Waals surface area (Å²) in [6.07, 6.45) is 1.05. The van der Waals surface area contributed by atoms with Crippen LogP contribution in [-0.4, -0.2) is 32.1 Å². The molecule has 0 N–H and O–H groups in total. The SMILES string of the molecule is COCO[C@]1(C)CCOC(=O)C1. The molecule has 4 heteroatoms. The maximum Gasteiger partial charge on any atom is 0.308 e. The van der Waals surface area contributed by atoms with Gasteiger partial charge in [0.25, 0.3) is 0 Å². The van der Waals surface area contributed by atoms with Gasteiger partial charge in [-0.05, 0) is 6.92 Å². The first-order valence-electron chi connectivity index (χ1n) is 3.95. The lowest BCUT2D eigenvalue weighted by Gasteiger charge is -2.31. The first-order valence-corrected chi connectivity index (χ1v) is 3.95. The average Bonchev–Trinajstić information content (AvgIpc) is 2.01. The highest BCUT2D eigenvalue weighted by atomic mass is 16.7. The fourth-order valence-corrected chi connectivity index (χ4v) is 1.15. The fraction of sp³-hybridized carbons (Fsp3) is 0.875. The van der Waals surface area contributed by atoms with Crippen molar-refractivity contribution < 1.29 is 19.0 Å². The van der Waals surface area contributed by atoms with Crippen molar-refractivity contribution in [3.63, 3.8) is 0 Å². The van der Waals surface area contributed by atoms with E-state index in [4.69, 9.17) is 14.2 Å². The van der Waals surface area contributed by atoms with Gasteiger partial charge < -0.3 is 14.2 Å². The Kier molecular flexibility index (Phi) is 3.05. The zero-order valence-electron chi connectivity index (χ0n) is 7.46. The minimum atomic E-state index is -0.397. The molecular weight excluding hydrogens is 160 g/mol. The van der Waals surface area contributed by atoms with Crippen molar-refractivity contribution in [2.45, 2.75) is 25.4 Å². The van der Waals surface area contributed by atoms with Crippen LogP contribution in [0.15, 0.2) is 0 Å². The first-order chi connectivity index (χ1) is 5.66. The van der Waals surface area contributed by atoms with Crippen LogP contribution in [-0.2, 0) is 19.0 Å². The summed E-state index contributed by atoms with van der Waals surface area (Å²) >= 11 is 0. The second-order valence-corrected chi connectivity index (χ2v) is 3.15. The van der Waals surface area contributed by atoms with Crippen molar-refractivity contribution >= 4 is 5.97 Å². The van der Waals surface area contributed by atoms with Crippen LogP contribution in [0.2, 0.25) is 0 Å². The Labute approximate surface area is 71.8 Å². The van der Waals surface area contributed by atoms with Gasteiger partial charge in [-0.15, -0.1) is 0 Å². The molecule has 4 nitrogen and oxygen atoms in total. The van der Waals surface area contributed by atoms with Crippen molar-refractivity contribution in [2.75, 3.05) is 20.5 Å². The minimum Gasteiger partial charge on any atom is -0.465 e. The smallest absolute Gasteiger partial charge is 0.308 e. The molecule has 1 rings (SSSR count). The topological polar surface area (TPSA) is 44.8 Å². The van der Waals surface area contributed by atoms with Crippen LogP contribution in [0.5, 0.6) is 0 Å². The van der Waals surface area contributed by atoms with Crippen LogP contribution >= 0.6 is 0 Å². The Morgan fingerprint density at radius 1 is 1.67 bits per heavy atom. The first kappa shape index (κ1) is 9.48. The normalized spacial score (nSPS) is 30.0. The lowest BCUT2D eigenvalue weighted by molar-refractivity contribution is -0.178. The van der Waals surface area contributed by atoms with Gasteiger partial charge in [-0.3, -0.25) is 4.79 Å². The average molecular weight is 174 g/mol. The number of rotatable bonds is 3. The van der Waals surface area contributed by atoms with E-state index in [1.165, 1.54) is 0 Å². The summed E-state index contributed by atoms with van der Waals surface area (Å²) in [4.78, 5) is 10.9. The molecule has 0 aromatic rings. The summed E-state index contributed by atoms with van der Waals surface area (Å²) in [6.45, 7) is 2.56. The van der Waals surface area contributed by atoms with E-state index in [1.54, 1.807) is 7.11 Å². The third-order valence-electron chi connectivity index (χ3n) is 1.94. The molecule has 0 radical (unpaired) electrons. The number of cyclic esters (lactones) is 1. The van der Waals surface area contributed by atoms with Gasteiger partial charge >= 0.3 is 5.97 Å². The summed E-state index contributed by atoms with van der Waals surface area (Å²) in [5.74, 6) is -0.195. The largest absolute Gasteiger partial charge is 0.465 e. The summed E-state index contributed by atoms with van der Waals surface area (Å²) in [6, 6.07) is 0. The standard InChI is InChI=1S/C8H14O4/c1-8(12-6-10-2)3-4-11-7(9)5-8/h3-6H2,1-2H3/t8-/m1/s1. The quantitative estimate of drug-likeness (QED) is 0.466. The van der Waals surface area contributed by atoms with E-state index in [2.05, 4.69) is 0 Å². The van der Waals surface area contributed by atoms with E-state index in [0.29, 0.717) is 13.0 Å². The number of ether oxygens (including phenoxy) is 3. The summed E-state index contributed by atoms with van der Waals surface area (Å²) in [5.41, 5.74) is -0.397. The van der Waals surface area contributed by atoms with Crippen LogP contribution in [0.25, 0.3) is 0 Å². The molecule has 1 atom stereocenters. The number of hydrogen-bond acceptors (Lipinski definition) is 4. The van der Waals surface area contributed by atoms with Gasteiger partial charge in [-0.1, -0.05) is 0 Å². The Balaban J connectivity index is 2.40. The van der Waals surface area contributed by atoms with Crippen molar-refractivity contribution in [3.05, 3.63) is 0 Å². The lowest BCUT2D eigenvalue weighted by Crippen LogP contribution is -2.38. The number of hydrogen-bond donors (Lipinski definition) is 0. The molecule has 0 unspecified atom stereocenters. The maximum atomic E-state index is 10.9. The predicted molar refractivity (Wildman–Crippen MR) is 41.6 cm³/mol. The van der Waals surface area contributed by atoms with Crippen LogP contribution in [0, 0.1) is 0 Å². The molecule has 1 heterocycles.